The minimum absolute atomic E-state index is 0.152. The van der Waals surface area contributed by atoms with E-state index in [1.165, 1.54) is 23.7 Å². The van der Waals surface area contributed by atoms with Gasteiger partial charge < -0.3 is 5.32 Å². The first-order valence-electron chi connectivity index (χ1n) is 6.72. The Morgan fingerprint density at radius 1 is 1.26 bits per heavy atom. The lowest BCUT2D eigenvalue weighted by Gasteiger charge is -2.02. The van der Waals surface area contributed by atoms with Gasteiger partial charge in [0.05, 0.1) is 11.1 Å². The van der Waals surface area contributed by atoms with E-state index in [1.54, 1.807) is 24.4 Å². The summed E-state index contributed by atoms with van der Waals surface area (Å²) < 4.78 is 0. The summed E-state index contributed by atoms with van der Waals surface area (Å²) in [6, 6.07) is 8.96. The van der Waals surface area contributed by atoms with Gasteiger partial charge in [-0.2, -0.15) is 5.26 Å². The van der Waals surface area contributed by atoms with Gasteiger partial charge in [-0.25, -0.2) is 9.97 Å². The zero-order valence-corrected chi connectivity index (χ0v) is 13.0. The maximum absolute atomic E-state index is 12.5. The molecule has 3 aromatic rings. The number of hydrogen-bond donors (Lipinski definition) is 1. The summed E-state index contributed by atoms with van der Waals surface area (Å²) in [6.45, 7) is 1.85. The molecule has 112 valence electrons. The van der Waals surface area contributed by atoms with Crippen molar-refractivity contribution in [2.75, 3.05) is 5.32 Å². The van der Waals surface area contributed by atoms with Crippen LogP contribution in [0.1, 0.15) is 26.6 Å². The number of nitrogens with zero attached hydrogens (tertiary/aromatic N) is 4. The summed E-state index contributed by atoms with van der Waals surface area (Å²) >= 11 is 1.24. The van der Waals surface area contributed by atoms with Crippen molar-refractivity contribution in [1.29, 1.82) is 5.26 Å². The molecule has 0 saturated carbocycles. The standard InChI is InChI=1S/C16H11N5OS/c1-10-3-2-5-19-14(10)15(22)13-9-20-16(23-13)21-11-4-6-18-12(7-11)8-17/h2-7,9H,1H3,(H,18,20,21). The van der Waals surface area contributed by atoms with Gasteiger partial charge in [0.25, 0.3) is 0 Å². The largest absolute Gasteiger partial charge is 0.331 e. The van der Waals surface area contributed by atoms with Crippen LogP contribution in [-0.4, -0.2) is 20.7 Å². The lowest BCUT2D eigenvalue weighted by atomic mass is 10.1. The number of carbonyl (C=O) groups excluding carboxylic acids is 1. The van der Waals surface area contributed by atoms with Crippen LogP contribution in [-0.2, 0) is 0 Å². The predicted molar refractivity (Wildman–Crippen MR) is 86.8 cm³/mol. The third-order valence-electron chi connectivity index (χ3n) is 3.08. The summed E-state index contributed by atoms with van der Waals surface area (Å²) in [6.07, 6.45) is 4.66. The van der Waals surface area contributed by atoms with Crippen LogP contribution in [0.5, 0.6) is 0 Å². The number of hydrogen-bond acceptors (Lipinski definition) is 7. The Labute approximate surface area is 136 Å². The summed E-state index contributed by atoms with van der Waals surface area (Å²) in [5.41, 5.74) is 2.26. The summed E-state index contributed by atoms with van der Waals surface area (Å²) in [5.74, 6) is -0.152. The maximum Gasteiger partial charge on any atom is 0.223 e. The average Bonchev–Trinajstić information content (AvgIpc) is 3.03. The molecule has 0 unspecified atom stereocenters. The average molecular weight is 321 g/mol. The van der Waals surface area contributed by atoms with Crippen LogP contribution in [0.2, 0.25) is 0 Å². The number of ketones is 1. The van der Waals surface area contributed by atoms with E-state index >= 15 is 0 Å². The van der Waals surface area contributed by atoms with Crippen molar-refractivity contribution < 1.29 is 4.79 Å². The molecule has 0 spiro atoms. The highest BCUT2D eigenvalue weighted by Crippen LogP contribution is 2.24. The smallest absolute Gasteiger partial charge is 0.223 e. The number of nitriles is 1. The van der Waals surface area contributed by atoms with Crippen molar-refractivity contribution in [2.45, 2.75) is 6.92 Å². The van der Waals surface area contributed by atoms with Gasteiger partial charge in [-0.3, -0.25) is 9.78 Å². The first kappa shape index (κ1) is 14.8. The SMILES string of the molecule is Cc1cccnc1C(=O)c1cnc(Nc2ccnc(C#N)c2)s1. The lowest BCUT2D eigenvalue weighted by Crippen LogP contribution is -2.04. The summed E-state index contributed by atoms with van der Waals surface area (Å²) in [5, 5.41) is 12.5. The van der Waals surface area contributed by atoms with Crippen LogP contribution < -0.4 is 5.32 Å². The first-order chi connectivity index (χ1) is 11.2. The number of aryl methyl sites for hydroxylation is 1. The van der Waals surface area contributed by atoms with E-state index in [1.807, 2.05) is 19.1 Å². The molecule has 0 aromatic carbocycles. The highest BCUT2D eigenvalue weighted by atomic mass is 32.1. The van der Waals surface area contributed by atoms with Crippen molar-refractivity contribution in [3.05, 3.63) is 64.7 Å². The van der Waals surface area contributed by atoms with Crippen LogP contribution in [0.4, 0.5) is 10.8 Å². The lowest BCUT2D eigenvalue weighted by molar-refractivity contribution is 0.103. The van der Waals surface area contributed by atoms with Crippen LogP contribution in [0, 0.1) is 18.3 Å². The van der Waals surface area contributed by atoms with Crippen LogP contribution >= 0.6 is 11.3 Å². The molecule has 0 aliphatic carbocycles. The van der Waals surface area contributed by atoms with Gasteiger partial charge in [-0.15, -0.1) is 0 Å². The van der Waals surface area contributed by atoms with Crippen molar-refractivity contribution in [3.63, 3.8) is 0 Å². The van der Waals surface area contributed by atoms with Gasteiger partial charge in [0.2, 0.25) is 5.78 Å². The van der Waals surface area contributed by atoms with Gasteiger partial charge in [0, 0.05) is 18.1 Å². The van der Waals surface area contributed by atoms with E-state index in [4.69, 9.17) is 5.26 Å². The summed E-state index contributed by atoms with van der Waals surface area (Å²) in [7, 11) is 0. The topological polar surface area (TPSA) is 91.6 Å². The van der Waals surface area contributed by atoms with E-state index in [0.29, 0.717) is 27.1 Å². The second-order valence-corrected chi connectivity index (χ2v) is 5.72. The highest BCUT2D eigenvalue weighted by molar-refractivity contribution is 7.17. The van der Waals surface area contributed by atoms with Crippen molar-refractivity contribution in [3.8, 4) is 6.07 Å². The molecule has 6 nitrogen and oxygen atoms in total. The van der Waals surface area contributed by atoms with Gasteiger partial charge in [-0.1, -0.05) is 17.4 Å². The molecule has 0 aliphatic heterocycles. The highest BCUT2D eigenvalue weighted by Gasteiger charge is 2.16. The molecule has 23 heavy (non-hydrogen) atoms. The molecule has 0 saturated heterocycles. The molecule has 3 aromatic heterocycles. The van der Waals surface area contributed by atoms with E-state index in [9.17, 15) is 4.79 Å². The van der Waals surface area contributed by atoms with Gasteiger partial charge in [0.1, 0.15) is 17.5 Å². The number of anilines is 2. The van der Waals surface area contributed by atoms with Gasteiger partial charge >= 0.3 is 0 Å². The van der Waals surface area contributed by atoms with E-state index in [2.05, 4.69) is 20.3 Å². The number of carbonyl (C=O) groups is 1. The molecule has 1 N–H and O–H groups in total. The number of aromatic nitrogens is 3. The van der Waals surface area contributed by atoms with E-state index in [0.717, 1.165) is 5.56 Å². The monoisotopic (exact) mass is 321 g/mol. The Morgan fingerprint density at radius 2 is 2.13 bits per heavy atom. The quantitative estimate of drug-likeness (QED) is 0.742. The normalized spacial score (nSPS) is 10.1. The molecular weight excluding hydrogens is 310 g/mol. The van der Waals surface area contributed by atoms with Crippen molar-refractivity contribution >= 4 is 27.9 Å². The number of nitrogens with one attached hydrogen (secondary N) is 1. The van der Waals surface area contributed by atoms with Crippen LogP contribution in [0.15, 0.2) is 42.9 Å². The molecule has 7 heteroatoms. The molecule has 0 aliphatic rings. The Balaban J connectivity index is 1.82. The Hall–Kier alpha value is -3.11. The number of thiazole rings is 1. The van der Waals surface area contributed by atoms with Crippen LogP contribution in [0.3, 0.4) is 0 Å². The van der Waals surface area contributed by atoms with Crippen molar-refractivity contribution in [2.24, 2.45) is 0 Å². The predicted octanol–water partition coefficient (Wildman–Crippen LogP) is 3.09. The molecule has 0 fully saturated rings. The van der Waals surface area contributed by atoms with Gasteiger partial charge in [-0.05, 0) is 30.7 Å². The Morgan fingerprint density at radius 3 is 2.91 bits per heavy atom. The first-order valence-corrected chi connectivity index (χ1v) is 7.54. The fourth-order valence-corrected chi connectivity index (χ4v) is 2.75. The van der Waals surface area contributed by atoms with Crippen molar-refractivity contribution in [1.82, 2.24) is 15.0 Å². The zero-order valence-electron chi connectivity index (χ0n) is 12.1. The fourth-order valence-electron chi connectivity index (χ4n) is 1.97. The molecule has 0 atom stereocenters. The molecule has 0 amide bonds. The fraction of sp³-hybridized carbons (Fsp3) is 0.0625. The number of pyridine rings is 2. The van der Waals surface area contributed by atoms with Gasteiger partial charge in [0.15, 0.2) is 5.13 Å². The second kappa shape index (κ2) is 6.34. The van der Waals surface area contributed by atoms with E-state index in [-0.39, 0.29) is 5.78 Å². The third kappa shape index (κ3) is 3.22. The minimum atomic E-state index is -0.152. The third-order valence-corrected chi connectivity index (χ3v) is 3.99. The second-order valence-electron chi connectivity index (χ2n) is 4.69. The minimum Gasteiger partial charge on any atom is -0.331 e. The van der Waals surface area contributed by atoms with E-state index < -0.39 is 0 Å². The Bertz CT molecular complexity index is 913. The summed E-state index contributed by atoms with van der Waals surface area (Å²) in [4.78, 5) is 25.2. The Kier molecular flexibility index (Phi) is 4.08. The molecule has 0 radical (unpaired) electrons. The number of rotatable bonds is 4. The zero-order chi connectivity index (χ0) is 16.2. The maximum atomic E-state index is 12.5. The molecular formula is C16H11N5OS. The molecule has 3 heterocycles. The van der Waals surface area contributed by atoms with Crippen LogP contribution in [0.25, 0.3) is 0 Å². The molecule has 3 rings (SSSR count). The molecule has 0 bridgehead atoms.